The van der Waals surface area contributed by atoms with E-state index in [1.54, 1.807) is 0 Å². The molecule has 1 aliphatic heterocycles. The van der Waals surface area contributed by atoms with Crippen LogP contribution in [-0.2, 0) is 9.59 Å². The molecular weight excluding hydrogens is 254 g/mol. The molecule has 0 aromatic heterocycles. The van der Waals surface area contributed by atoms with Gasteiger partial charge in [0.2, 0.25) is 11.8 Å². The molecule has 1 aromatic rings. The summed E-state index contributed by atoms with van der Waals surface area (Å²) in [6, 6.07) is 8.31. The second-order valence-corrected chi connectivity index (χ2v) is 4.95. The van der Waals surface area contributed by atoms with E-state index >= 15 is 0 Å². The Labute approximate surface area is 119 Å². The van der Waals surface area contributed by atoms with Gasteiger partial charge >= 0.3 is 0 Å². The van der Waals surface area contributed by atoms with E-state index in [4.69, 9.17) is 0 Å². The largest absolute Gasteiger partial charge is 0.370 e. The van der Waals surface area contributed by atoms with Gasteiger partial charge in [-0.2, -0.15) is 0 Å². The van der Waals surface area contributed by atoms with E-state index in [1.807, 2.05) is 6.07 Å². The van der Waals surface area contributed by atoms with Crippen LogP contribution >= 0.6 is 0 Å². The van der Waals surface area contributed by atoms with Crippen LogP contribution in [0.25, 0.3) is 0 Å². The SMILES string of the molecule is CCN(CCNN1C(=O)CCC1=O)c1cccc(C)c1. The van der Waals surface area contributed by atoms with Crippen molar-refractivity contribution in [1.82, 2.24) is 10.4 Å². The molecule has 2 amide bonds. The number of aryl methyl sites for hydroxylation is 1. The molecule has 5 heteroatoms. The molecule has 0 atom stereocenters. The van der Waals surface area contributed by atoms with Crippen molar-refractivity contribution in [3.63, 3.8) is 0 Å². The highest BCUT2D eigenvalue weighted by molar-refractivity contribution is 6.01. The van der Waals surface area contributed by atoms with Gasteiger partial charge in [-0.1, -0.05) is 12.1 Å². The highest BCUT2D eigenvalue weighted by atomic mass is 16.2. The number of hydrazine groups is 1. The number of hydrogen-bond acceptors (Lipinski definition) is 4. The Bertz CT molecular complexity index is 486. The molecular formula is C15H21N3O2. The minimum atomic E-state index is -0.131. The monoisotopic (exact) mass is 275 g/mol. The van der Waals surface area contributed by atoms with Gasteiger partial charge in [0.05, 0.1) is 0 Å². The average Bonchev–Trinajstić information content (AvgIpc) is 2.75. The third-order valence-electron chi connectivity index (χ3n) is 3.45. The van der Waals surface area contributed by atoms with Gasteiger partial charge in [0, 0.05) is 38.2 Å². The predicted octanol–water partition coefficient (Wildman–Crippen LogP) is 1.47. The van der Waals surface area contributed by atoms with Crippen molar-refractivity contribution >= 4 is 17.5 Å². The van der Waals surface area contributed by atoms with Gasteiger partial charge in [0.25, 0.3) is 0 Å². The molecule has 0 bridgehead atoms. The first-order valence-electron chi connectivity index (χ1n) is 7.02. The average molecular weight is 275 g/mol. The Morgan fingerprint density at radius 2 is 1.95 bits per heavy atom. The van der Waals surface area contributed by atoms with E-state index in [2.05, 4.69) is 42.4 Å². The Hall–Kier alpha value is -1.88. The molecule has 1 aliphatic rings. The fourth-order valence-electron chi connectivity index (χ4n) is 2.34. The van der Waals surface area contributed by atoms with Gasteiger partial charge in [-0.05, 0) is 31.5 Å². The summed E-state index contributed by atoms with van der Waals surface area (Å²) in [5.41, 5.74) is 5.30. The first-order chi connectivity index (χ1) is 9.61. The second-order valence-electron chi connectivity index (χ2n) is 4.95. The molecule has 0 unspecified atom stereocenters. The van der Waals surface area contributed by atoms with Crippen LogP contribution in [0.15, 0.2) is 24.3 Å². The van der Waals surface area contributed by atoms with E-state index in [0.717, 1.165) is 23.8 Å². The highest BCUT2D eigenvalue weighted by Gasteiger charge is 2.28. The molecule has 0 saturated carbocycles. The molecule has 108 valence electrons. The molecule has 1 fully saturated rings. The smallest absolute Gasteiger partial charge is 0.244 e. The number of anilines is 1. The van der Waals surface area contributed by atoms with Crippen molar-refractivity contribution in [3.8, 4) is 0 Å². The van der Waals surface area contributed by atoms with Crippen molar-refractivity contribution < 1.29 is 9.59 Å². The van der Waals surface area contributed by atoms with Crippen molar-refractivity contribution in [2.75, 3.05) is 24.5 Å². The maximum atomic E-state index is 11.5. The Balaban J connectivity index is 1.88. The number of amides is 2. The van der Waals surface area contributed by atoms with Crippen LogP contribution in [0.3, 0.4) is 0 Å². The number of rotatable bonds is 6. The number of hydrogen-bond donors (Lipinski definition) is 1. The summed E-state index contributed by atoms with van der Waals surface area (Å²) in [6.45, 7) is 6.36. The molecule has 0 aliphatic carbocycles. The zero-order valence-electron chi connectivity index (χ0n) is 12.1. The lowest BCUT2D eigenvalue weighted by Crippen LogP contribution is -2.45. The molecule has 1 aromatic carbocycles. The summed E-state index contributed by atoms with van der Waals surface area (Å²) >= 11 is 0. The van der Waals surface area contributed by atoms with Gasteiger partial charge in [-0.25, -0.2) is 10.4 Å². The van der Waals surface area contributed by atoms with Crippen LogP contribution in [0.2, 0.25) is 0 Å². The van der Waals surface area contributed by atoms with Crippen LogP contribution in [0.4, 0.5) is 5.69 Å². The van der Waals surface area contributed by atoms with Gasteiger partial charge < -0.3 is 4.90 Å². The molecule has 20 heavy (non-hydrogen) atoms. The molecule has 1 saturated heterocycles. The topological polar surface area (TPSA) is 52.6 Å². The maximum Gasteiger partial charge on any atom is 0.244 e. The summed E-state index contributed by atoms with van der Waals surface area (Å²) in [7, 11) is 0. The number of benzene rings is 1. The fourth-order valence-corrected chi connectivity index (χ4v) is 2.34. The van der Waals surface area contributed by atoms with E-state index < -0.39 is 0 Å². The van der Waals surface area contributed by atoms with Crippen LogP contribution in [0.5, 0.6) is 0 Å². The van der Waals surface area contributed by atoms with Gasteiger partial charge in [-0.15, -0.1) is 0 Å². The quantitative estimate of drug-likeness (QED) is 0.799. The summed E-state index contributed by atoms with van der Waals surface area (Å²) in [6.07, 6.45) is 0.641. The third kappa shape index (κ3) is 3.36. The zero-order valence-corrected chi connectivity index (χ0v) is 12.1. The lowest BCUT2D eigenvalue weighted by atomic mass is 10.2. The van der Waals surface area contributed by atoms with Crippen LogP contribution in [0.1, 0.15) is 25.3 Å². The van der Waals surface area contributed by atoms with Crippen molar-refractivity contribution in [1.29, 1.82) is 0 Å². The van der Waals surface area contributed by atoms with E-state index in [0.29, 0.717) is 19.4 Å². The minimum Gasteiger partial charge on any atom is -0.370 e. The predicted molar refractivity (Wildman–Crippen MR) is 78.2 cm³/mol. The molecule has 1 heterocycles. The van der Waals surface area contributed by atoms with Gasteiger partial charge in [-0.3, -0.25) is 9.59 Å². The fraction of sp³-hybridized carbons (Fsp3) is 0.467. The molecule has 2 rings (SSSR count). The van der Waals surface area contributed by atoms with Gasteiger partial charge in [0.15, 0.2) is 0 Å². The number of carbonyl (C=O) groups is 2. The van der Waals surface area contributed by atoms with Crippen molar-refractivity contribution in [2.24, 2.45) is 0 Å². The van der Waals surface area contributed by atoms with Crippen LogP contribution in [0, 0.1) is 6.92 Å². The third-order valence-corrected chi connectivity index (χ3v) is 3.45. The van der Waals surface area contributed by atoms with Gasteiger partial charge in [0.1, 0.15) is 0 Å². The lowest BCUT2D eigenvalue weighted by Gasteiger charge is -2.25. The molecule has 1 N–H and O–H groups in total. The molecule has 0 radical (unpaired) electrons. The number of nitrogens with one attached hydrogen (secondary N) is 1. The minimum absolute atomic E-state index is 0.131. The summed E-state index contributed by atoms with van der Waals surface area (Å²) in [4.78, 5) is 25.2. The van der Waals surface area contributed by atoms with E-state index in [1.165, 1.54) is 5.56 Å². The number of likely N-dealkylation sites (N-methyl/N-ethyl adjacent to an activating group) is 1. The lowest BCUT2D eigenvalue weighted by molar-refractivity contribution is -0.142. The van der Waals surface area contributed by atoms with Crippen molar-refractivity contribution in [3.05, 3.63) is 29.8 Å². The summed E-state index contributed by atoms with van der Waals surface area (Å²) in [5.74, 6) is -0.262. The Kier molecular flexibility index (Phi) is 4.74. The molecule has 0 spiro atoms. The standard InChI is InChI=1S/C15H21N3O2/c1-3-17(13-6-4-5-12(2)11-13)10-9-16-18-14(19)7-8-15(18)20/h4-6,11,16H,3,7-10H2,1-2H3. The van der Waals surface area contributed by atoms with Crippen LogP contribution < -0.4 is 10.3 Å². The summed E-state index contributed by atoms with van der Waals surface area (Å²) < 4.78 is 0. The van der Waals surface area contributed by atoms with E-state index in [-0.39, 0.29) is 11.8 Å². The first kappa shape index (κ1) is 14.5. The normalized spacial score (nSPS) is 15.0. The number of carbonyl (C=O) groups excluding carboxylic acids is 2. The Morgan fingerprint density at radius 3 is 2.55 bits per heavy atom. The maximum absolute atomic E-state index is 11.5. The number of nitrogens with zero attached hydrogens (tertiary/aromatic N) is 2. The zero-order chi connectivity index (χ0) is 14.5. The second kappa shape index (κ2) is 6.52. The number of imide groups is 1. The summed E-state index contributed by atoms with van der Waals surface area (Å²) in [5, 5.41) is 1.16. The first-order valence-corrected chi connectivity index (χ1v) is 7.02. The van der Waals surface area contributed by atoms with Crippen molar-refractivity contribution in [2.45, 2.75) is 26.7 Å². The Morgan fingerprint density at radius 1 is 1.25 bits per heavy atom. The van der Waals surface area contributed by atoms with Crippen LogP contribution in [-0.4, -0.2) is 36.5 Å². The van der Waals surface area contributed by atoms with E-state index in [9.17, 15) is 9.59 Å². The highest BCUT2D eigenvalue weighted by Crippen LogP contribution is 2.15. The molecule has 5 nitrogen and oxygen atoms in total.